The zero-order valence-electron chi connectivity index (χ0n) is 15.1. The summed E-state index contributed by atoms with van der Waals surface area (Å²) in [6.07, 6.45) is 5.45. The summed E-state index contributed by atoms with van der Waals surface area (Å²) in [6.45, 7) is 0.960. The first-order valence-electron chi connectivity index (χ1n) is 9.13. The maximum Gasteiger partial charge on any atom is 0.255 e. The number of methoxy groups -OCH3 is 1. The molecule has 1 fully saturated rings. The van der Waals surface area contributed by atoms with Crippen molar-refractivity contribution in [3.8, 4) is 5.75 Å². The largest absolute Gasteiger partial charge is 0.497 e. The van der Waals surface area contributed by atoms with E-state index in [1.807, 2.05) is 22.6 Å². The van der Waals surface area contributed by atoms with Crippen LogP contribution in [0.3, 0.4) is 0 Å². The number of nitrogens with zero attached hydrogens (tertiary/aromatic N) is 1. The average molecular weight is 373 g/mol. The van der Waals surface area contributed by atoms with Crippen molar-refractivity contribution in [3.05, 3.63) is 59.7 Å². The van der Waals surface area contributed by atoms with E-state index in [0.717, 1.165) is 42.8 Å². The fourth-order valence-electron chi connectivity index (χ4n) is 3.37. The molecule has 26 heavy (non-hydrogen) atoms. The summed E-state index contributed by atoms with van der Waals surface area (Å²) in [5.74, 6) is 0.622. The number of nitrogens with one attached hydrogen (secondary N) is 1. The molecular formula is C21H25ClN2O2. The van der Waals surface area contributed by atoms with E-state index in [-0.39, 0.29) is 5.91 Å². The quantitative estimate of drug-likeness (QED) is 0.734. The Labute approximate surface area is 160 Å². The molecule has 0 aromatic heterocycles. The zero-order valence-corrected chi connectivity index (χ0v) is 15.8. The SMILES string of the molecule is COc1ccc(C(=O)Nc2ccccc2CCC2CCCCN2Cl)cc1. The normalized spacial score (nSPS) is 17.7. The number of halogens is 1. The number of para-hydroxylation sites is 1. The van der Waals surface area contributed by atoms with Crippen LogP contribution in [0.2, 0.25) is 0 Å². The summed E-state index contributed by atoms with van der Waals surface area (Å²) in [7, 11) is 1.61. The van der Waals surface area contributed by atoms with Gasteiger partial charge in [0.1, 0.15) is 5.75 Å². The molecule has 1 aliphatic rings. The lowest BCUT2D eigenvalue weighted by molar-refractivity contribution is 0.102. The van der Waals surface area contributed by atoms with Crippen molar-refractivity contribution in [2.75, 3.05) is 19.0 Å². The minimum absolute atomic E-state index is 0.114. The average Bonchev–Trinajstić information content (AvgIpc) is 2.68. The highest BCUT2D eigenvalue weighted by atomic mass is 35.5. The third kappa shape index (κ3) is 4.77. The molecule has 2 aromatic carbocycles. The second-order valence-corrected chi connectivity index (χ2v) is 7.09. The van der Waals surface area contributed by atoms with Crippen LogP contribution in [0.1, 0.15) is 41.6 Å². The van der Waals surface area contributed by atoms with Gasteiger partial charge in [0.2, 0.25) is 0 Å². The van der Waals surface area contributed by atoms with Crippen LogP contribution < -0.4 is 10.1 Å². The lowest BCUT2D eigenvalue weighted by atomic mass is 9.97. The topological polar surface area (TPSA) is 41.6 Å². The number of rotatable bonds is 6. The summed E-state index contributed by atoms with van der Waals surface area (Å²) >= 11 is 6.33. The minimum Gasteiger partial charge on any atom is -0.497 e. The molecule has 0 bridgehead atoms. The Hall–Kier alpha value is -2.04. The molecule has 1 amide bonds. The van der Waals surface area contributed by atoms with Crippen molar-refractivity contribution in [3.63, 3.8) is 0 Å². The molecule has 0 aliphatic carbocycles. The molecule has 138 valence electrons. The Morgan fingerprint density at radius 1 is 1.19 bits per heavy atom. The summed E-state index contributed by atoms with van der Waals surface area (Å²) in [6, 6.07) is 15.5. The Balaban J connectivity index is 1.65. The molecule has 1 aliphatic heterocycles. The lowest BCUT2D eigenvalue weighted by Crippen LogP contribution is -2.32. The van der Waals surface area contributed by atoms with E-state index < -0.39 is 0 Å². The number of amides is 1. The Kier molecular flexibility index (Phi) is 6.53. The summed E-state index contributed by atoms with van der Waals surface area (Å²) in [5, 5.41) is 3.04. The Morgan fingerprint density at radius 3 is 2.69 bits per heavy atom. The van der Waals surface area contributed by atoms with Crippen molar-refractivity contribution in [2.24, 2.45) is 0 Å². The monoisotopic (exact) mass is 372 g/mol. The number of hydrogen-bond donors (Lipinski definition) is 1. The molecule has 2 aromatic rings. The smallest absolute Gasteiger partial charge is 0.255 e. The van der Waals surface area contributed by atoms with E-state index in [4.69, 9.17) is 16.5 Å². The second kappa shape index (κ2) is 9.06. The Bertz CT molecular complexity index is 733. The van der Waals surface area contributed by atoms with E-state index in [9.17, 15) is 4.79 Å². The zero-order chi connectivity index (χ0) is 18.4. The van der Waals surface area contributed by atoms with Gasteiger partial charge in [-0.2, -0.15) is 0 Å². The summed E-state index contributed by atoms with van der Waals surface area (Å²) in [4.78, 5) is 12.5. The molecule has 1 saturated heterocycles. The standard InChI is InChI=1S/C21H25ClN2O2/c1-26-19-13-10-17(11-14-19)21(25)23-20-8-3-2-6-16(20)9-12-18-7-4-5-15-24(18)22/h2-3,6,8,10-11,13-14,18H,4-5,7,9,12,15H2,1H3,(H,23,25). The molecule has 1 unspecified atom stereocenters. The third-order valence-corrected chi connectivity index (χ3v) is 5.37. The van der Waals surface area contributed by atoms with Crippen LogP contribution in [0, 0.1) is 0 Å². The van der Waals surface area contributed by atoms with Gasteiger partial charge in [0.25, 0.3) is 5.91 Å². The predicted molar refractivity (Wildman–Crippen MR) is 106 cm³/mol. The van der Waals surface area contributed by atoms with Crippen LogP contribution in [0.5, 0.6) is 5.75 Å². The van der Waals surface area contributed by atoms with Crippen LogP contribution in [-0.2, 0) is 6.42 Å². The van der Waals surface area contributed by atoms with E-state index in [1.54, 1.807) is 31.4 Å². The molecule has 1 N–H and O–H groups in total. The van der Waals surface area contributed by atoms with Crippen LogP contribution in [0.15, 0.2) is 48.5 Å². The van der Waals surface area contributed by atoms with Crippen LogP contribution in [0.4, 0.5) is 5.69 Å². The molecule has 5 heteroatoms. The first kappa shape index (κ1) is 18.7. The van der Waals surface area contributed by atoms with Gasteiger partial charge in [0.15, 0.2) is 0 Å². The van der Waals surface area contributed by atoms with Crippen LogP contribution in [-0.4, -0.2) is 30.0 Å². The highest BCUT2D eigenvalue weighted by molar-refractivity contribution is 6.13. The van der Waals surface area contributed by atoms with Crippen molar-refractivity contribution >= 4 is 23.4 Å². The first-order chi connectivity index (χ1) is 12.7. The van der Waals surface area contributed by atoms with Gasteiger partial charge >= 0.3 is 0 Å². The number of aryl methyl sites for hydroxylation is 1. The van der Waals surface area contributed by atoms with Gasteiger partial charge in [-0.1, -0.05) is 24.6 Å². The van der Waals surface area contributed by atoms with E-state index in [2.05, 4.69) is 11.4 Å². The van der Waals surface area contributed by atoms with Crippen molar-refractivity contribution < 1.29 is 9.53 Å². The number of benzene rings is 2. The number of hydrogen-bond acceptors (Lipinski definition) is 3. The molecule has 0 spiro atoms. The molecule has 3 rings (SSSR count). The van der Waals surface area contributed by atoms with Gasteiger partial charge in [-0.25, -0.2) is 4.42 Å². The van der Waals surface area contributed by atoms with Gasteiger partial charge in [0, 0.05) is 23.8 Å². The number of carbonyl (C=O) groups is 1. The van der Waals surface area contributed by atoms with Gasteiger partial charge < -0.3 is 10.1 Å². The maximum absolute atomic E-state index is 12.5. The van der Waals surface area contributed by atoms with Crippen molar-refractivity contribution in [2.45, 2.75) is 38.1 Å². The predicted octanol–water partition coefficient (Wildman–Crippen LogP) is 4.89. The number of ether oxygens (including phenoxy) is 1. The summed E-state index contributed by atoms with van der Waals surface area (Å²) in [5.41, 5.74) is 2.62. The number of carbonyl (C=O) groups excluding carboxylic acids is 1. The molecular weight excluding hydrogens is 348 g/mol. The minimum atomic E-state index is -0.114. The Morgan fingerprint density at radius 2 is 1.96 bits per heavy atom. The summed E-state index contributed by atoms with van der Waals surface area (Å²) < 4.78 is 7.08. The van der Waals surface area contributed by atoms with E-state index in [0.29, 0.717) is 11.6 Å². The fraction of sp³-hybridized carbons (Fsp3) is 0.381. The molecule has 0 saturated carbocycles. The molecule has 0 radical (unpaired) electrons. The highest BCUT2D eigenvalue weighted by Crippen LogP contribution is 2.25. The maximum atomic E-state index is 12.5. The van der Waals surface area contributed by atoms with E-state index in [1.165, 1.54) is 12.8 Å². The molecule has 1 heterocycles. The molecule has 1 atom stereocenters. The third-order valence-electron chi connectivity index (χ3n) is 4.92. The van der Waals surface area contributed by atoms with Crippen molar-refractivity contribution in [1.29, 1.82) is 0 Å². The highest BCUT2D eigenvalue weighted by Gasteiger charge is 2.21. The van der Waals surface area contributed by atoms with Gasteiger partial charge in [-0.3, -0.25) is 4.79 Å². The number of anilines is 1. The lowest BCUT2D eigenvalue weighted by Gasteiger charge is -2.30. The molecule has 4 nitrogen and oxygen atoms in total. The van der Waals surface area contributed by atoms with Crippen LogP contribution in [0.25, 0.3) is 0 Å². The second-order valence-electron chi connectivity index (χ2n) is 6.65. The number of piperidine rings is 1. The van der Waals surface area contributed by atoms with Gasteiger partial charge in [0.05, 0.1) is 7.11 Å². The van der Waals surface area contributed by atoms with Gasteiger partial charge in [-0.05, 0) is 73.4 Å². The van der Waals surface area contributed by atoms with Crippen molar-refractivity contribution in [1.82, 2.24) is 4.42 Å². The fourth-order valence-corrected chi connectivity index (χ4v) is 3.68. The van der Waals surface area contributed by atoms with Gasteiger partial charge in [-0.15, -0.1) is 0 Å². The van der Waals surface area contributed by atoms with E-state index >= 15 is 0 Å². The van der Waals surface area contributed by atoms with Crippen LogP contribution >= 0.6 is 11.8 Å². The first-order valence-corrected chi connectivity index (χ1v) is 9.47.